The zero-order valence-electron chi connectivity index (χ0n) is 13.8. The maximum absolute atomic E-state index is 12.8. The van der Waals surface area contributed by atoms with Crippen LogP contribution in [0, 0.1) is 5.82 Å². The van der Waals surface area contributed by atoms with Crippen molar-refractivity contribution in [1.82, 2.24) is 9.62 Å². The Kier molecular flexibility index (Phi) is 6.17. The number of hydrogen-bond acceptors (Lipinski definition) is 5. The van der Waals surface area contributed by atoms with Crippen LogP contribution < -0.4 is 5.32 Å². The molecule has 1 saturated heterocycles. The molecule has 1 aromatic rings. The van der Waals surface area contributed by atoms with Crippen LogP contribution in [-0.2, 0) is 31.1 Å². The van der Waals surface area contributed by atoms with Crippen molar-refractivity contribution in [3.05, 3.63) is 35.6 Å². The molecular formula is C15H21FN2O5S2. The van der Waals surface area contributed by atoms with Crippen molar-refractivity contribution < 1.29 is 26.0 Å². The standard InChI is InChI=1S/C15H21FN2O5S2/c1-24(20,21)18(14-6-9-25(22,23)11-14)8-7-17-15(19)10-12-2-4-13(16)5-3-12/h2-5,14H,6-11H2,1H3,(H,17,19). The highest BCUT2D eigenvalue weighted by Crippen LogP contribution is 2.19. The minimum absolute atomic E-state index is 0.00811. The topological polar surface area (TPSA) is 101 Å². The first-order chi connectivity index (χ1) is 11.6. The van der Waals surface area contributed by atoms with Gasteiger partial charge in [-0.2, -0.15) is 4.31 Å². The van der Waals surface area contributed by atoms with Gasteiger partial charge in [0, 0.05) is 19.1 Å². The average Bonchev–Trinajstić information content (AvgIpc) is 2.84. The molecule has 1 unspecified atom stereocenters. The van der Waals surface area contributed by atoms with Gasteiger partial charge >= 0.3 is 0 Å². The molecule has 1 N–H and O–H groups in total. The Morgan fingerprint density at radius 1 is 1.32 bits per heavy atom. The molecule has 1 aliphatic rings. The molecule has 7 nitrogen and oxygen atoms in total. The fourth-order valence-corrected chi connectivity index (χ4v) is 5.75. The van der Waals surface area contributed by atoms with Crippen molar-refractivity contribution in [3.8, 4) is 0 Å². The second-order valence-corrected chi connectivity index (χ2v) is 10.2. The van der Waals surface area contributed by atoms with Crippen molar-refractivity contribution in [2.45, 2.75) is 18.9 Å². The van der Waals surface area contributed by atoms with Crippen LogP contribution in [0.2, 0.25) is 0 Å². The lowest BCUT2D eigenvalue weighted by Crippen LogP contribution is -2.45. The first kappa shape index (κ1) is 19.8. The Bertz CT molecular complexity index is 822. The number of nitrogens with zero attached hydrogens (tertiary/aromatic N) is 1. The van der Waals surface area contributed by atoms with E-state index >= 15 is 0 Å². The van der Waals surface area contributed by atoms with Gasteiger partial charge in [-0.15, -0.1) is 0 Å². The third-order valence-electron chi connectivity index (χ3n) is 3.97. The molecule has 1 atom stereocenters. The van der Waals surface area contributed by atoms with Crippen LogP contribution >= 0.6 is 0 Å². The SMILES string of the molecule is CS(=O)(=O)N(CCNC(=O)Cc1ccc(F)cc1)C1CCS(=O)(=O)C1. The Labute approximate surface area is 147 Å². The minimum atomic E-state index is -3.58. The van der Waals surface area contributed by atoms with Crippen LogP contribution in [0.15, 0.2) is 24.3 Å². The molecule has 0 saturated carbocycles. The monoisotopic (exact) mass is 392 g/mol. The van der Waals surface area contributed by atoms with Crippen LogP contribution in [0.3, 0.4) is 0 Å². The molecule has 140 valence electrons. The summed E-state index contributed by atoms with van der Waals surface area (Å²) >= 11 is 0. The van der Waals surface area contributed by atoms with Crippen LogP contribution in [0.4, 0.5) is 4.39 Å². The smallest absolute Gasteiger partial charge is 0.224 e. The molecule has 1 fully saturated rings. The van der Waals surface area contributed by atoms with Gasteiger partial charge in [-0.1, -0.05) is 12.1 Å². The van der Waals surface area contributed by atoms with Gasteiger partial charge in [0.15, 0.2) is 9.84 Å². The number of rotatable bonds is 7. The third kappa shape index (κ3) is 6.05. The van der Waals surface area contributed by atoms with E-state index in [0.29, 0.717) is 5.56 Å². The molecule has 1 aromatic carbocycles. The summed E-state index contributed by atoms with van der Waals surface area (Å²) in [5, 5.41) is 2.60. The van der Waals surface area contributed by atoms with Crippen molar-refractivity contribution >= 4 is 25.8 Å². The number of nitrogens with one attached hydrogen (secondary N) is 1. The fourth-order valence-electron chi connectivity index (χ4n) is 2.78. The van der Waals surface area contributed by atoms with Crippen molar-refractivity contribution in [1.29, 1.82) is 0 Å². The van der Waals surface area contributed by atoms with Gasteiger partial charge in [0.25, 0.3) is 0 Å². The lowest BCUT2D eigenvalue weighted by Gasteiger charge is -2.25. The van der Waals surface area contributed by atoms with E-state index in [1.807, 2.05) is 0 Å². The van der Waals surface area contributed by atoms with Gasteiger partial charge in [0.2, 0.25) is 15.9 Å². The van der Waals surface area contributed by atoms with E-state index in [1.54, 1.807) is 0 Å². The lowest BCUT2D eigenvalue weighted by molar-refractivity contribution is -0.120. The number of carbonyl (C=O) groups is 1. The van der Waals surface area contributed by atoms with Crippen molar-refractivity contribution in [2.24, 2.45) is 0 Å². The number of carbonyl (C=O) groups excluding carboxylic acids is 1. The predicted molar refractivity (Wildman–Crippen MR) is 91.7 cm³/mol. The lowest BCUT2D eigenvalue weighted by atomic mass is 10.1. The first-order valence-electron chi connectivity index (χ1n) is 7.75. The number of hydrogen-bond donors (Lipinski definition) is 1. The van der Waals surface area contributed by atoms with Crippen LogP contribution in [0.1, 0.15) is 12.0 Å². The van der Waals surface area contributed by atoms with Gasteiger partial charge in [0.05, 0.1) is 24.2 Å². The third-order valence-corrected chi connectivity index (χ3v) is 7.06. The van der Waals surface area contributed by atoms with E-state index in [4.69, 9.17) is 0 Å². The number of benzene rings is 1. The molecule has 10 heteroatoms. The molecule has 25 heavy (non-hydrogen) atoms. The molecule has 1 heterocycles. The van der Waals surface area contributed by atoms with E-state index in [9.17, 15) is 26.0 Å². The molecule has 0 spiro atoms. The Morgan fingerprint density at radius 3 is 2.48 bits per heavy atom. The molecule has 1 aliphatic heterocycles. The molecular weight excluding hydrogens is 371 g/mol. The maximum atomic E-state index is 12.8. The van der Waals surface area contributed by atoms with E-state index in [1.165, 1.54) is 24.3 Å². The maximum Gasteiger partial charge on any atom is 0.224 e. The highest BCUT2D eigenvalue weighted by molar-refractivity contribution is 7.92. The van der Waals surface area contributed by atoms with E-state index in [0.717, 1.165) is 10.6 Å². The molecule has 0 radical (unpaired) electrons. The summed E-state index contributed by atoms with van der Waals surface area (Å²) in [6, 6.07) is 4.93. The summed E-state index contributed by atoms with van der Waals surface area (Å²) in [6.45, 7) is 0.0812. The summed E-state index contributed by atoms with van der Waals surface area (Å²) in [6.07, 6.45) is 1.34. The van der Waals surface area contributed by atoms with E-state index < -0.39 is 25.9 Å². The van der Waals surface area contributed by atoms with Gasteiger partial charge < -0.3 is 5.32 Å². The summed E-state index contributed by atoms with van der Waals surface area (Å²) in [4.78, 5) is 11.9. The largest absolute Gasteiger partial charge is 0.354 e. The number of halogens is 1. The zero-order chi connectivity index (χ0) is 18.7. The highest BCUT2D eigenvalue weighted by Gasteiger charge is 2.36. The van der Waals surface area contributed by atoms with Crippen molar-refractivity contribution in [3.63, 3.8) is 0 Å². The first-order valence-corrected chi connectivity index (χ1v) is 11.4. The van der Waals surface area contributed by atoms with Crippen LogP contribution in [-0.4, -0.2) is 63.9 Å². The fraction of sp³-hybridized carbons (Fsp3) is 0.533. The second kappa shape index (κ2) is 7.79. The average molecular weight is 392 g/mol. The second-order valence-electron chi connectivity index (χ2n) is 6.08. The van der Waals surface area contributed by atoms with E-state index in [2.05, 4.69) is 5.32 Å². The van der Waals surface area contributed by atoms with Crippen molar-refractivity contribution in [2.75, 3.05) is 30.9 Å². The molecule has 2 rings (SSSR count). The molecule has 0 aromatic heterocycles. The quantitative estimate of drug-likeness (QED) is 0.700. The van der Waals surface area contributed by atoms with Gasteiger partial charge in [0.1, 0.15) is 5.82 Å². The summed E-state index contributed by atoms with van der Waals surface area (Å²) in [5.74, 6) is -0.928. The summed E-state index contributed by atoms with van der Waals surface area (Å²) in [7, 11) is -6.79. The minimum Gasteiger partial charge on any atom is -0.354 e. The zero-order valence-corrected chi connectivity index (χ0v) is 15.4. The Hall–Kier alpha value is -1.52. The molecule has 1 amide bonds. The Balaban J connectivity index is 1.88. The molecule has 0 bridgehead atoms. The Morgan fingerprint density at radius 2 is 1.96 bits per heavy atom. The van der Waals surface area contributed by atoms with Gasteiger partial charge in [-0.05, 0) is 24.1 Å². The predicted octanol–water partition coefficient (Wildman–Crippen LogP) is -0.0669. The highest BCUT2D eigenvalue weighted by atomic mass is 32.2. The van der Waals surface area contributed by atoms with Crippen LogP contribution in [0.5, 0.6) is 0 Å². The van der Waals surface area contributed by atoms with Gasteiger partial charge in [-0.3, -0.25) is 4.79 Å². The molecule has 0 aliphatic carbocycles. The normalized spacial score (nSPS) is 19.9. The van der Waals surface area contributed by atoms with Crippen LogP contribution in [0.25, 0.3) is 0 Å². The van der Waals surface area contributed by atoms with E-state index in [-0.39, 0.29) is 49.2 Å². The number of sulfonamides is 1. The summed E-state index contributed by atoms with van der Waals surface area (Å²) in [5.41, 5.74) is 0.640. The number of amides is 1. The number of sulfone groups is 1. The van der Waals surface area contributed by atoms with Gasteiger partial charge in [-0.25, -0.2) is 21.2 Å². The summed E-state index contributed by atoms with van der Waals surface area (Å²) < 4.78 is 60.9.